The molecule has 2 saturated heterocycles. The summed E-state index contributed by atoms with van der Waals surface area (Å²) in [5.41, 5.74) is 2.53. The van der Waals surface area contributed by atoms with Crippen molar-refractivity contribution in [3.05, 3.63) is 34.9 Å². The smallest absolute Gasteiger partial charge is 0.322 e. The van der Waals surface area contributed by atoms with Gasteiger partial charge in [-0.3, -0.25) is 9.69 Å². The molecule has 2 aliphatic heterocycles. The van der Waals surface area contributed by atoms with E-state index < -0.39 is 5.54 Å². The van der Waals surface area contributed by atoms with Crippen LogP contribution in [0.2, 0.25) is 0 Å². The van der Waals surface area contributed by atoms with Crippen molar-refractivity contribution in [3.63, 3.8) is 0 Å². The number of hydrogen-bond donors (Lipinski definition) is 2. The first kappa shape index (κ1) is 14.1. The van der Waals surface area contributed by atoms with Gasteiger partial charge in [0.2, 0.25) is 0 Å². The Morgan fingerprint density at radius 3 is 2.81 bits per heavy atom. The van der Waals surface area contributed by atoms with Gasteiger partial charge in [-0.2, -0.15) is 0 Å². The molecule has 112 valence electrons. The molecule has 0 radical (unpaired) electrons. The number of benzene rings is 1. The number of amides is 3. The van der Waals surface area contributed by atoms with Gasteiger partial charge < -0.3 is 10.6 Å². The van der Waals surface area contributed by atoms with Crippen molar-refractivity contribution in [2.24, 2.45) is 0 Å². The number of carbonyl (C=O) groups is 2. The van der Waals surface area contributed by atoms with Gasteiger partial charge >= 0.3 is 6.03 Å². The SMILES string of the molecule is Cc1ccc(C)c(CN2C(=O)N[C@@]3(CCCNC3)C2=O)c1. The van der Waals surface area contributed by atoms with E-state index in [2.05, 4.69) is 10.6 Å². The van der Waals surface area contributed by atoms with E-state index in [1.54, 1.807) is 0 Å². The van der Waals surface area contributed by atoms with Gasteiger partial charge in [0, 0.05) is 6.54 Å². The molecule has 2 heterocycles. The fraction of sp³-hybridized carbons (Fsp3) is 0.500. The highest BCUT2D eigenvalue weighted by atomic mass is 16.2. The zero-order valence-electron chi connectivity index (χ0n) is 12.5. The predicted molar refractivity (Wildman–Crippen MR) is 79.8 cm³/mol. The van der Waals surface area contributed by atoms with Crippen LogP contribution in [-0.4, -0.2) is 35.5 Å². The molecule has 0 saturated carbocycles. The summed E-state index contributed by atoms with van der Waals surface area (Å²) >= 11 is 0. The number of nitrogens with zero attached hydrogens (tertiary/aromatic N) is 1. The van der Waals surface area contributed by atoms with Gasteiger partial charge in [-0.25, -0.2) is 4.79 Å². The predicted octanol–water partition coefficient (Wildman–Crippen LogP) is 1.48. The molecule has 21 heavy (non-hydrogen) atoms. The van der Waals surface area contributed by atoms with Gasteiger partial charge in [0.05, 0.1) is 6.54 Å². The highest BCUT2D eigenvalue weighted by molar-refractivity contribution is 6.07. The summed E-state index contributed by atoms with van der Waals surface area (Å²) in [5, 5.41) is 6.11. The monoisotopic (exact) mass is 287 g/mol. The average Bonchev–Trinajstić information content (AvgIpc) is 2.68. The molecule has 0 aromatic heterocycles. The largest absolute Gasteiger partial charge is 0.325 e. The lowest BCUT2D eigenvalue weighted by Gasteiger charge is -2.31. The van der Waals surface area contributed by atoms with Crippen LogP contribution < -0.4 is 10.6 Å². The van der Waals surface area contributed by atoms with E-state index in [0.29, 0.717) is 19.5 Å². The Labute approximate surface area is 124 Å². The van der Waals surface area contributed by atoms with Gasteiger partial charge in [-0.15, -0.1) is 0 Å². The van der Waals surface area contributed by atoms with Crippen molar-refractivity contribution in [3.8, 4) is 0 Å². The maximum absolute atomic E-state index is 12.7. The van der Waals surface area contributed by atoms with E-state index in [1.165, 1.54) is 4.90 Å². The Morgan fingerprint density at radius 2 is 2.10 bits per heavy atom. The molecule has 3 rings (SSSR count). The van der Waals surface area contributed by atoms with Gasteiger partial charge in [-0.05, 0) is 44.4 Å². The van der Waals surface area contributed by atoms with Crippen LogP contribution in [0.25, 0.3) is 0 Å². The van der Waals surface area contributed by atoms with Gasteiger partial charge in [-0.1, -0.05) is 23.8 Å². The number of nitrogens with one attached hydrogen (secondary N) is 2. The van der Waals surface area contributed by atoms with Crippen molar-refractivity contribution in [2.75, 3.05) is 13.1 Å². The number of piperidine rings is 1. The van der Waals surface area contributed by atoms with Gasteiger partial charge in [0.25, 0.3) is 5.91 Å². The van der Waals surface area contributed by atoms with Crippen LogP contribution in [0.15, 0.2) is 18.2 Å². The summed E-state index contributed by atoms with van der Waals surface area (Å²) in [5.74, 6) is -0.0967. The third-order valence-corrected chi connectivity index (χ3v) is 4.46. The lowest BCUT2D eigenvalue weighted by molar-refractivity contribution is -0.132. The lowest BCUT2D eigenvalue weighted by atomic mass is 9.90. The Bertz CT molecular complexity index is 591. The van der Waals surface area contributed by atoms with Crippen molar-refractivity contribution in [1.82, 2.24) is 15.5 Å². The molecule has 0 unspecified atom stereocenters. The Balaban J connectivity index is 1.84. The van der Waals surface area contributed by atoms with Gasteiger partial charge in [0.1, 0.15) is 5.54 Å². The summed E-state index contributed by atoms with van der Waals surface area (Å²) in [6.45, 7) is 5.80. The minimum atomic E-state index is -0.729. The van der Waals surface area contributed by atoms with E-state index >= 15 is 0 Å². The van der Waals surface area contributed by atoms with Gasteiger partial charge in [0.15, 0.2) is 0 Å². The van der Waals surface area contributed by atoms with Crippen molar-refractivity contribution < 1.29 is 9.59 Å². The number of carbonyl (C=O) groups excluding carboxylic acids is 2. The van der Waals surface area contributed by atoms with E-state index in [1.807, 2.05) is 32.0 Å². The number of rotatable bonds is 2. The topological polar surface area (TPSA) is 61.4 Å². The van der Waals surface area contributed by atoms with E-state index in [9.17, 15) is 9.59 Å². The summed E-state index contributed by atoms with van der Waals surface area (Å²) in [6.07, 6.45) is 1.62. The van der Waals surface area contributed by atoms with E-state index in [-0.39, 0.29) is 11.9 Å². The lowest BCUT2D eigenvalue weighted by Crippen LogP contribution is -2.57. The Morgan fingerprint density at radius 1 is 1.29 bits per heavy atom. The van der Waals surface area contributed by atoms with Crippen molar-refractivity contribution in [1.29, 1.82) is 0 Å². The summed E-state index contributed by atoms with van der Waals surface area (Å²) in [6, 6.07) is 5.84. The molecule has 1 aromatic carbocycles. The van der Waals surface area contributed by atoms with Crippen LogP contribution in [0.5, 0.6) is 0 Å². The van der Waals surface area contributed by atoms with Crippen LogP contribution in [0.1, 0.15) is 29.5 Å². The summed E-state index contributed by atoms with van der Waals surface area (Å²) in [4.78, 5) is 26.3. The number of urea groups is 1. The molecule has 3 amide bonds. The average molecular weight is 287 g/mol. The zero-order chi connectivity index (χ0) is 15.0. The first-order valence-electron chi connectivity index (χ1n) is 7.43. The van der Waals surface area contributed by atoms with Crippen LogP contribution in [0.3, 0.4) is 0 Å². The van der Waals surface area contributed by atoms with E-state index in [0.717, 1.165) is 29.7 Å². The standard InChI is InChI=1S/C16H21N3O2/c1-11-4-5-12(2)13(8-11)9-19-14(20)16(18-15(19)21)6-3-7-17-10-16/h4-5,8,17H,3,6-7,9-10H2,1-2H3,(H,18,21)/t16-/m1/s1. The summed E-state index contributed by atoms with van der Waals surface area (Å²) in [7, 11) is 0. The second-order valence-corrected chi connectivity index (χ2v) is 6.11. The highest BCUT2D eigenvalue weighted by Gasteiger charge is 2.51. The molecule has 0 aliphatic carbocycles. The Kier molecular flexibility index (Phi) is 3.45. The van der Waals surface area contributed by atoms with Crippen LogP contribution in [0, 0.1) is 13.8 Å². The number of hydrogen-bond acceptors (Lipinski definition) is 3. The Hall–Kier alpha value is -1.88. The maximum Gasteiger partial charge on any atom is 0.325 e. The van der Waals surface area contributed by atoms with Crippen LogP contribution in [-0.2, 0) is 11.3 Å². The molecular formula is C16H21N3O2. The molecular weight excluding hydrogens is 266 g/mol. The molecule has 2 N–H and O–H groups in total. The molecule has 1 spiro atoms. The molecule has 1 aromatic rings. The van der Waals surface area contributed by atoms with E-state index in [4.69, 9.17) is 0 Å². The summed E-state index contributed by atoms with van der Waals surface area (Å²) < 4.78 is 0. The molecule has 5 nitrogen and oxygen atoms in total. The van der Waals surface area contributed by atoms with Crippen LogP contribution >= 0.6 is 0 Å². The molecule has 2 fully saturated rings. The quantitative estimate of drug-likeness (QED) is 0.810. The minimum absolute atomic E-state index is 0.0967. The third kappa shape index (κ3) is 2.42. The number of imide groups is 1. The molecule has 1 atom stereocenters. The normalized spacial score (nSPS) is 25.5. The molecule has 2 aliphatic rings. The molecule has 0 bridgehead atoms. The number of aryl methyl sites for hydroxylation is 2. The van der Waals surface area contributed by atoms with Crippen LogP contribution in [0.4, 0.5) is 4.79 Å². The molecule has 5 heteroatoms. The second-order valence-electron chi connectivity index (χ2n) is 6.11. The van der Waals surface area contributed by atoms with Crippen molar-refractivity contribution in [2.45, 2.75) is 38.8 Å². The fourth-order valence-corrected chi connectivity index (χ4v) is 3.16. The first-order valence-corrected chi connectivity index (χ1v) is 7.43. The third-order valence-electron chi connectivity index (χ3n) is 4.46. The minimum Gasteiger partial charge on any atom is -0.322 e. The zero-order valence-corrected chi connectivity index (χ0v) is 12.5. The fourth-order valence-electron chi connectivity index (χ4n) is 3.16. The maximum atomic E-state index is 12.7. The highest BCUT2D eigenvalue weighted by Crippen LogP contribution is 2.27. The van der Waals surface area contributed by atoms with Crippen molar-refractivity contribution >= 4 is 11.9 Å². The second kappa shape index (κ2) is 5.15. The first-order chi connectivity index (χ1) is 10.0.